The third kappa shape index (κ3) is 6.70. The monoisotopic (exact) mass is 198 g/mol. The average molecular weight is 198 g/mol. The van der Waals surface area contributed by atoms with E-state index in [1.807, 2.05) is 0 Å². The predicted octanol–water partition coefficient (Wildman–Crippen LogP) is 3.32. The lowest BCUT2D eigenvalue weighted by atomic mass is 9.95. The molecule has 0 rings (SSSR count). The van der Waals surface area contributed by atoms with Gasteiger partial charge in [-0.25, -0.2) is 4.79 Å². The molecule has 0 amide bonds. The number of carbonyl (C=O) groups is 1. The first-order valence-electron chi connectivity index (χ1n) is 5.53. The summed E-state index contributed by atoms with van der Waals surface area (Å²) in [7, 11) is 0. The largest absolute Gasteiger partial charge is 0.463 e. The van der Waals surface area contributed by atoms with E-state index in [0.29, 0.717) is 12.5 Å². The van der Waals surface area contributed by atoms with Crippen molar-refractivity contribution in [3.8, 4) is 0 Å². The highest BCUT2D eigenvalue weighted by atomic mass is 16.5. The van der Waals surface area contributed by atoms with Gasteiger partial charge in [-0.15, -0.1) is 0 Å². The van der Waals surface area contributed by atoms with Crippen LogP contribution >= 0.6 is 0 Å². The van der Waals surface area contributed by atoms with Crippen molar-refractivity contribution in [1.82, 2.24) is 0 Å². The lowest BCUT2D eigenvalue weighted by Gasteiger charge is -2.14. The molecular formula is C12H22O2. The van der Waals surface area contributed by atoms with Crippen LogP contribution < -0.4 is 0 Å². The third-order valence-corrected chi connectivity index (χ3v) is 2.33. The number of carbonyl (C=O) groups excluding carboxylic acids is 1. The molecule has 0 atom stereocenters. The molecule has 82 valence electrons. The first-order valence-corrected chi connectivity index (χ1v) is 5.53. The van der Waals surface area contributed by atoms with Crippen LogP contribution in [0.25, 0.3) is 0 Å². The zero-order valence-electron chi connectivity index (χ0n) is 9.42. The molecule has 0 radical (unpaired) electrons. The van der Waals surface area contributed by atoms with E-state index in [-0.39, 0.29) is 5.97 Å². The minimum Gasteiger partial charge on any atom is -0.463 e. The van der Waals surface area contributed by atoms with E-state index in [4.69, 9.17) is 4.74 Å². The molecular weight excluding hydrogens is 176 g/mol. The first-order chi connectivity index (χ1) is 6.74. The highest BCUT2D eigenvalue weighted by Gasteiger charge is 2.07. The van der Waals surface area contributed by atoms with Gasteiger partial charge in [0.15, 0.2) is 0 Å². The molecule has 0 saturated carbocycles. The fourth-order valence-corrected chi connectivity index (χ4v) is 1.63. The number of rotatable bonds is 8. The van der Waals surface area contributed by atoms with Gasteiger partial charge in [0.2, 0.25) is 0 Å². The Kier molecular flexibility index (Phi) is 8.30. The maximum atomic E-state index is 10.8. The van der Waals surface area contributed by atoms with Crippen LogP contribution in [-0.4, -0.2) is 12.6 Å². The van der Waals surface area contributed by atoms with E-state index >= 15 is 0 Å². The molecule has 14 heavy (non-hydrogen) atoms. The number of ether oxygens (including phenoxy) is 1. The van der Waals surface area contributed by atoms with Gasteiger partial charge in [-0.05, 0) is 12.3 Å². The molecule has 0 saturated heterocycles. The Bertz CT molecular complexity index is 158. The van der Waals surface area contributed by atoms with Gasteiger partial charge in [-0.1, -0.05) is 46.1 Å². The van der Waals surface area contributed by atoms with E-state index < -0.39 is 0 Å². The smallest absolute Gasteiger partial charge is 0.330 e. The molecule has 0 aromatic heterocycles. The van der Waals surface area contributed by atoms with E-state index in [9.17, 15) is 4.79 Å². The van der Waals surface area contributed by atoms with Gasteiger partial charge in [-0.3, -0.25) is 0 Å². The zero-order chi connectivity index (χ0) is 10.8. The summed E-state index contributed by atoms with van der Waals surface area (Å²) in [6.07, 6.45) is 7.09. The normalized spacial score (nSPS) is 10.2. The molecule has 2 heteroatoms. The van der Waals surface area contributed by atoms with Crippen LogP contribution in [0.15, 0.2) is 12.7 Å². The number of hydrogen-bond donors (Lipinski definition) is 0. The van der Waals surface area contributed by atoms with Crippen molar-refractivity contribution in [3.63, 3.8) is 0 Å². The summed E-state index contributed by atoms with van der Waals surface area (Å²) in [5.41, 5.74) is 0. The molecule has 0 spiro atoms. The summed E-state index contributed by atoms with van der Waals surface area (Å²) in [5.74, 6) is 0.402. The Labute approximate surface area is 87.3 Å². The van der Waals surface area contributed by atoms with Gasteiger partial charge in [0.1, 0.15) is 0 Å². The standard InChI is InChI=1S/C12H22O2/c1-4-7-11(8-5-2)9-10-14-12(13)6-3/h6,11H,3-5,7-10H2,1-2H3. The van der Waals surface area contributed by atoms with Gasteiger partial charge < -0.3 is 4.74 Å². The molecule has 0 aromatic carbocycles. The summed E-state index contributed by atoms with van der Waals surface area (Å²) in [5, 5.41) is 0. The summed E-state index contributed by atoms with van der Waals surface area (Å²) in [6, 6.07) is 0. The second-order valence-electron chi connectivity index (χ2n) is 3.60. The molecule has 0 N–H and O–H groups in total. The lowest BCUT2D eigenvalue weighted by molar-refractivity contribution is -0.138. The molecule has 0 bridgehead atoms. The van der Waals surface area contributed by atoms with E-state index in [1.54, 1.807) is 0 Å². The summed E-state index contributed by atoms with van der Waals surface area (Å²) in [6.45, 7) is 8.28. The number of esters is 1. The molecule has 0 aliphatic heterocycles. The second kappa shape index (κ2) is 8.79. The summed E-state index contributed by atoms with van der Waals surface area (Å²) >= 11 is 0. The molecule has 0 aliphatic carbocycles. The Hall–Kier alpha value is -0.790. The van der Waals surface area contributed by atoms with E-state index in [2.05, 4.69) is 20.4 Å². The van der Waals surface area contributed by atoms with E-state index in [1.165, 1.54) is 31.8 Å². The predicted molar refractivity (Wildman–Crippen MR) is 59.1 cm³/mol. The molecule has 0 unspecified atom stereocenters. The van der Waals surface area contributed by atoms with Crippen molar-refractivity contribution in [2.45, 2.75) is 46.0 Å². The van der Waals surface area contributed by atoms with Crippen molar-refractivity contribution in [2.75, 3.05) is 6.61 Å². The van der Waals surface area contributed by atoms with Gasteiger partial charge in [0, 0.05) is 6.08 Å². The Morgan fingerprint density at radius 1 is 1.29 bits per heavy atom. The lowest BCUT2D eigenvalue weighted by Crippen LogP contribution is -2.08. The molecule has 0 heterocycles. The molecule has 0 aromatic rings. The van der Waals surface area contributed by atoms with Crippen LogP contribution in [0.1, 0.15) is 46.0 Å². The zero-order valence-corrected chi connectivity index (χ0v) is 9.42. The quantitative estimate of drug-likeness (QED) is 0.442. The van der Waals surface area contributed by atoms with Crippen LogP contribution in [0.3, 0.4) is 0 Å². The number of hydrogen-bond acceptors (Lipinski definition) is 2. The SMILES string of the molecule is C=CC(=O)OCCC(CCC)CCC. The van der Waals surface area contributed by atoms with Crippen molar-refractivity contribution in [3.05, 3.63) is 12.7 Å². The van der Waals surface area contributed by atoms with Crippen molar-refractivity contribution in [1.29, 1.82) is 0 Å². The van der Waals surface area contributed by atoms with E-state index in [0.717, 1.165) is 6.42 Å². The van der Waals surface area contributed by atoms with Gasteiger partial charge in [-0.2, -0.15) is 0 Å². The summed E-state index contributed by atoms with van der Waals surface area (Å²) in [4.78, 5) is 10.8. The van der Waals surface area contributed by atoms with Gasteiger partial charge in [0.05, 0.1) is 6.61 Å². The molecule has 0 aliphatic rings. The topological polar surface area (TPSA) is 26.3 Å². The van der Waals surface area contributed by atoms with Crippen LogP contribution in [0.2, 0.25) is 0 Å². The maximum Gasteiger partial charge on any atom is 0.330 e. The Morgan fingerprint density at radius 3 is 2.29 bits per heavy atom. The molecule has 2 nitrogen and oxygen atoms in total. The Balaban J connectivity index is 3.58. The van der Waals surface area contributed by atoms with Crippen LogP contribution in [0, 0.1) is 5.92 Å². The summed E-state index contributed by atoms with van der Waals surface area (Å²) < 4.78 is 4.96. The van der Waals surface area contributed by atoms with Crippen LogP contribution in [0.5, 0.6) is 0 Å². The van der Waals surface area contributed by atoms with Crippen LogP contribution in [0.4, 0.5) is 0 Å². The first kappa shape index (κ1) is 13.2. The van der Waals surface area contributed by atoms with Gasteiger partial charge >= 0.3 is 5.97 Å². The average Bonchev–Trinajstić information content (AvgIpc) is 2.18. The minimum absolute atomic E-state index is 0.309. The van der Waals surface area contributed by atoms with Crippen LogP contribution in [-0.2, 0) is 9.53 Å². The highest BCUT2D eigenvalue weighted by molar-refractivity contribution is 5.81. The van der Waals surface area contributed by atoms with Gasteiger partial charge in [0.25, 0.3) is 0 Å². The third-order valence-electron chi connectivity index (χ3n) is 2.33. The Morgan fingerprint density at radius 2 is 1.86 bits per heavy atom. The minimum atomic E-state index is -0.309. The fourth-order valence-electron chi connectivity index (χ4n) is 1.63. The molecule has 0 fully saturated rings. The second-order valence-corrected chi connectivity index (χ2v) is 3.60. The highest BCUT2D eigenvalue weighted by Crippen LogP contribution is 2.17. The van der Waals surface area contributed by atoms with Crippen molar-refractivity contribution in [2.24, 2.45) is 5.92 Å². The van der Waals surface area contributed by atoms with Crippen molar-refractivity contribution < 1.29 is 9.53 Å². The maximum absolute atomic E-state index is 10.8. The fraction of sp³-hybridized carbons (Fsp3) is 0.750. The van der Waals surface area contributed by atoms with Crippen molar-refractivity contribution >= 4 is 5.97 Å².